The SMILES string of the molecule is CCCCC(F)(F)C(F)(F)S(=O)(=O)[O-].[Na+]. The molecule has 0 amide bonds. The Morgan fingerprint density at radius 3 is 1.87 bits per heavy atom. The molecule has 0 aromatic rings. The van der Waals surface area contributed by atoms with Gasteiger partial charge in [-0.1, -0.05) is 13.3 Å². The molecule has 0 saturated carbocycles. The van der Waals surface area contributed by atoms with Crippen LogP contribution in [0.2, 0.25) is 0 Å². The summed E-state index contributed by atoms with van der Waals surface area (Å²) >= 11 is 0. The largest absolute Gasteiger partial charge is 1.00 e. The van der Waals surface area contributed by atoms with Crippen LogP contribution in [0.5, 0.6) is 0 Å². The Balaban J connectivity index is 0. The molecule has 0 bridgehead atoms. The van der Waals surface area contributed by atoms with Crippen molar-refractivity contribution in [1.29, 1.82) is 0 Å². The average molecular weight is 260 g/mol. The maximum absolute atomic E-state index is 12.6. The topological polar surface area (TPSA) is 57.2 Å². The van der Waals surface area contributed by atoms with Gasteiger partial charge < -0.3 is 4.55 Å². The van der Waals surface area contributed by atoms with E-state index in [1.54, 1.807) is 0 Å². The summed E-state index contributed by atoms with van der Waals surface area (Å²) in [5.41, 5.74) is 0. The van der Waals surface area contributed by atoms with Crippen LogP contribution < -0.4 is 29.6 Å². The molecule has 0 aromatic heterocycles. The van der Waals surface area contributed by atoms with Crippen molar-refractivity contribution in [2.75, 3.05) is 0 Å². The summed E-state index contributed by atoms with van der Waals surface area (Å²) in [6, 6.07) is 0. The van der Waals surface area contributed by atoms with Crippen LogP contribution in [0, 0.1) is 0 Å². The van der Waals surface area contributed by atoms with Gasteiger partial charge in [-0.25, -0.2) is 8.42 Å². The summed E-state index contributed by atoms with van der Waals surface area (Å²) in [5.74, 6) is -4.80. The van der Waals surface area contributed by atoms with Crippen molar-refractivity contribution >= 4 is 10.1 Å². The van der Waals surface area contributed by atoms with Crippen molar-refractivity contribution in [3.05, 3.63) is 0 Å². The zero-order chi connectivity index (χ0) is 11.6. The molecule has 15 heavy (non-hydrogen) atoms. The number of alkyl halides is 4. The van der Waals surface area contributed by atoms with E-state index in [0.717, 1.165) is 0 Å². The first-order valence-electron chi connectivity index (χ1n) is 3.77. The van der Waals surface area contributed by atoms with E-state index < -0.39 is 27.7 Å². The fourth-order valence-electron chi connectivity index (χ4n) is 0.727. The third-order valence-electron chi connectivity index (χ3n) is 1.58. The third-order valence-corrected chi connectivity index (χ3v) is 2.51. The van der Waals surface area contributed by atoms with Crippen LogP contribution >= 0.6 is 0 Å². The van der Waals surface area contributed by atoms with Crippen LogP contribution in [0.1, 0.15) is 26.2 Å². The van der Waals surface area contributed by atoms with Crippen LogP contribution in [0.3, 0.4) is 0 Å². The summed E-state index contributed by atoms with van der Waals surface area (Å²) in [7, 11) is -6.32. The molecule has 0 rings (SSSR count). The number of rotatable bonds is 5. The van der Waals surface area contributed by atoms with E-state index in [-0.39, 0.29) is 42.4 Å². The van der Waals surface area contributed by atoms with Gasteiger partial charge in [-0.05, 0) is 6.42 Å². The van der Waals surface area contributed by atoms with Crippen LogP contribution in [-0.4, -0.2) is 24.1 Å². The van der Waals surface area contributed by atoms with Crippen LogP contribution in [0.25, 0.3) is 0 Å². The summed E-state index contributed by atoms with van der Waals surface area (Å²) in [6.45, 7) is 1.47. The third kappa shape index (κ3) is 4.18. The standard InChI is InChI=1S/C6H10F4O3S.Na/c1-2-3-4-5(7,8)6(9,10)14(11,12)13;/h2-4H2,1H3,(H,11,12,13);/q;+1/p-1. The molecule has 0 spiro atoms. The molecule has 0 unspecified atom stereocenters. The van der Waals surface area contributed by atoms with E-state index in [1.165, 1.54) is 6.92 Å². The Bertz CT molecular complexity index is 291. The Labute approximate surface area is 107 Å². The fourth-order valence-corrected chi connectivity index (χ4v) is 1.20. The Morgan fingerprint density at radius 2 is 1.60 bits per heavy atom. The second-order valence-electron chi connectivity index (χ2n) is 2.78. The Kier molecular flexibility index (Phi) is 6.97. The summed E-state index contributed by atoms with van der Waals surface area (Å²) < 4.78 is 79.5. The molecule has 0 atom stereocenters. The predicted molar refractivity (Wildman–Crippen MR) is 39.1 cm³/mol. The maximum atomic E-state index is 12.6. The van der Waals surface area contributed by atoms with Crippen LogP contribution in [0.15, 0.2) is 0 Å². The summed E-state index contributed by atoms with van der Waals surface area (Å²) in [4.78, 5) is 0. The number of hydrogen-bond donors (Lipinski definition) is 0. The van der Waals surface area contributed by atoms with E-state index in [1.807, 2.05) is 0 Å². The molecule has 86 valence electrons. The van der Waals surface area contributed by atoms with Gasteiger partial charge in [-0.2, -0.15) is 17.6 Å². The molecule has 0 aliphatic rings. The van der Waals surface area contributed by atoms with E-state index in [9.17, 15) is 30.5 Å². The van der Waals surface area contributed by atoms with Gasteiger partial charge in [-0.3, -0.25) is 0 Å². The minimum Gasteiger partial charge on any atom is -0.743 e. The molecule has 0 fully saturated rings. The average Bonchev–Trinajstić information content (AvgIpc) is 1.98. The van der Waals surface area contributed by atoms with Crippen molar-refractivity contribution in [3.8, 4) is 0 Å². The first kappa shape index (κ1) is 18.0. The van der Waals surface area contributed by atoms with Crippen molar-refractivity contribution in [2.24, 2.45) is 0 Å². The van der Waals surface area contributed by atoms with Crippen LogP contribution in [-0.2, 0) is 10.1 Å². The van der Waals surface area contributed by atoms with Gasteiger partial charge in [0.2, 0.25) is 0 Å². The smallest absolute Gasteiger partial charge is 0.743 e. The second-order valence-corrected chi connectivity index (χ2v) is 4.20. The van der Waals surface area contributed by atoms with Gasteiger partial charge in [0.25, 0.3) is 0 Å². The van der Waals surface area contributed by atoms with Crippen LogP contribution in [0.4, 0.5) is 17.6 Å². The van der Waals surface area contributed by atoms with Gasteiger partial charge in [0.05, 0.1) is 0 Å². The zero-order valence-corrected chi connectivity index (χ0v) is 11.1. The molecule has 0 aromatic carbocycles. The van der Waals surface area contributed by atoms with Crippen molar-refractivity contribution in [3.63, 3.8) is 0 Å². The van der Waals surface area contributed by atoms with Gasteiger partial charge in [0, 0.05) is 6.42 Å². The minimum absolute atomic E-state index is 0. The van der Waals surface area contributed by atoms with E-state index in [2.05, 4.69) is 0 Å². The van der Waals surface area contributed by atoms with E-state index in [0.29, 0.717) is 0 Å². The quantitative estimate of drug-likeness (QED) is 0.360. The van der Waals surface area contributed by atoms with E-state index in [4.69, 9.17) is 0 Å². The first-order chi connectivity index (χ1) is 6.06. The molecular formula is C6H9F4NaO3S. The van der Waals surface area contributed by atoms with E-state index >= 15 is 0 Å². The molecule has 3 nitrogen and oxygen atoms in total. The molecule has 0 aliphatic heterocycles. The maximum Gasteiger partial charge on any atom is 1.00 e. The predicted octanol–water partition coefficient (Wildman–Crippen LogP) is -1.05. The normalized spacial score (nSPS) is 13.5. The molecule has 0 radical (unpaired) electrons. The zero-order valence-electron chi connectivity index (χ0n) is 8.27. The Morgan fingerprint density at radius 1 is 1.20 bits per heavy atom. The molecule has 0 N–H and O–H groups in total. The van der Waals surface area contributed by atoms with Gasteiger partial charge in [-0.15, -0.1) is 0 Å². The summed E-state index contributed by atoms with van der Waals surface area (Å²) in [6.07, 6.45) is -1.40. The molecule has 9 heteroatoms. The van der Waals surface area contributed by atoms with Crippen molar-refractivity contribution in [1.82, 2.24) is 0 Å². The minimum atomic E-state index is -6.32. The van der Waals surface area contributed by atoms with Crippen molar-refractivity contribution < 1.29 is 60.1 Å². The fraction of sp³-hybridized carbons (Fsp3) is 1.00. The molecular weight excluding hydrogens is 251 g/mol. The number of hydrogen-bond acceptors (Lipinski definition) is 3. The number of halogens is 4. The molecule has 0 saturated heterocycles. The summed E-state index contributed by atoms with van der Waals surface area (Å²) in [5, 5.41) is -5.53. The molecule has 0 aliphatic carbocycles. The number of unbranched alkanes of at least 4 members (excludes halogenated alkanes) is 1. The van der Waals surface area contributed by atoms with Gasteiger partial charge >= 0.3 is 40.7 Å². The first-order valence-corrected chi connectivity index (χ1v) is 5.18. The van der Waals surface area contributed by atoms with Gasteiger partial charge in [0.15, 0.2) is 10.1 Å². The monoisotopic (exact) mass is 260 g/mol. The molecule has 0 heterocycles. The van der Waals surface area contributed by atoms with Gasteiger partial charge in [0.1, 0.15) is 0 Å². The second kappa shape index (κ2) is 5.81. The Hall–Kier alpha value is 0.630. The van der Waals surface area contributed by atoms with Crippen molar-refractivity contribution in [2.45, 2.75) is 37.4 Å².